The first-order chi connectivity index (χ1) is 13.1. The third-order valence-electron chi connectivity index (χ3n) is 5.30. The Labute approximate surface area is 163 Å². The van der Waals surface area contributed by atoms with E-state index in [4.69, 9.17) is 0 Å². The lowest BCUT2D eigenvalue weighted by atomic mass is 10.0. The van der Waals surface area contributed by atoms with E-state index in [0.717, 1.165) is 39.1 Å². The minimum Gasteiger partial charge on any atom is -0.348 e. The van der Waals surface area contributed by atoms with E-state index < -0.39 is 0 Å². The maximum atomic E-state index is 12.5. The molecule has 1 heterocycles. The molecular weight excluding hydrogens is 334 g/mol. The van der Waals surface area contributed by atoms with E-state index in [9.17, 15) is 4.79 Å². The van der Waals surface area contributed by atoms with Crippen LogP contribution in [0.4, 0.5) is 0 Å². The van der Waals surface area contributed by atoms with Crippen LogP contribution in [0, 0.1) is 6.92 Å². The van der Waals surface area contributed by atoms with Crippen molar-refractivity contribution in [3.63, 3.8) is 0 Å². The molecule has 27 heavy (non-hydrogen) atoms. The van der Waals surface area contributed by atoms with E-state index in [0.29, 0.717) is 6.54 Å². The highest BCUT2D eigenvalue weighted by Gasteiger charge is 2.20. The highest BCUT2D eigenvalue weighted by atomic mass is 16.2. The fourth-order valence-corrected chi connectivity index (χ4v) is 3.61. The highest BCUT2D eigenvalue weighted by molar-refractivity contribution is 5.78. The monoisotopic (exact) mass is 365 g/mol. The second-order valence-corrected chi connectivity index (χ2v) is 7.48. The molecule has 0 bridgehead atoms. The van der Waals surface area contributed by atoms with Crippen LogP contribution in [0.2, 0.25) is 0 Å². The summed E-state index contributed by atoms with van der Waals surface area (Å²) in [5.74, 6) is 0.124. The molecule has 1 N–H and O–H groups in total. The van der Waals surface area contributed by atoms with E-state index in [1.54, 1.807) is 0 Å². The van der Waals surface area contributed by atoms with Crippen molar-refractivity contribution in [2.75, 3.05) is 32.7 Å². The molecule has 1 atom stereocenters. The molecular formula is C23H31N3O. The van der Waals surface area contributed by atoms with Gasteiger partial charge in [-0.05, 0) is 24.5 Å². The number of hydrogen-bond acceptors (Lipinski definition) is 3. The minimum absolute atomic E-state index is 0.0949. The first kappa shape index (κ1) is 19.6. The third-order valence-corrected chi connectivity index (χ3v) is 5.30. The van der Waals surface area contributed by atoms with Crippen molar-refractivity contribution >= 4 is 5.91 Å². The average molecular weight is 366 g/mol. The lowest BCUT2D eigenvalue weighted by Gasteiger charge is -2.34. The number of amides is 1. The molecule has 2 aromatic rings. The molecule has 2 aromatic carbocycles. The van der Waals surface area contributed by atoms with Crippen LogP contribution in [0.3, 0.4) is 0 Å². The van der Waals surface area contributed by atoms with E-state index >= 15 is 0 Å². The number of rotatable bonds is 7. The van der Waals surface area contributed by atoms with E-state index in [-0.39, 0.29) is 11.9 Å². The number of aryl methyl sites for hydroxylation is 1. The molecule has 0 aromatic heterocycles. The molecule has 0 radical (unpaired) electrons. The fraction of sp³-hybridized carbons (Fsp3) is 0.435. The number of nitrogens with one attached hydrogen (secondary N) is 1. The third kappa shape index (κ3) is 5.91. The Morgan fingerprint density at radius 3 is 2.22 bits per heavy atom. The van der Waals surface area contributed by atoms with Gasteiger partial charge in [-0.1, -0.05) is 67.1 Å². The summed E-state index contributed by atoms with van der Waals surface area (Å²) in [6.07, 6.45) is 0.902. The molecule has 1 fully saturated rings. The summed E-state index contributed by atoms with van der Waals surface area (Å²) in [5.41, 5.74) is 3.78. The predicted molar refractivity (Wildman–Crippen MR) is 111 cm³/mol. The van der Waals surface area contributed by atoms with Crippen molar-refractivity contribution in [2.24, 2.45) is 0 Å². The fourth-order valence-electron chi connectivity index (χ4n) is 3.61. The molecule has 1 saturated heterocycles. The van der Waals surface area contributed by atoms with Crippen molar-refractivity contribution < 1.29 is 4.79 Å². The lowest BCUT2D eigenvalue weighted by molar-refractivity contribution is -0.123. The van der Waals surface area contributed by atoms with Crippen molar-refractivity contribution in [1.29, 1.82) is 0 Å². The summed E-state index contributed by atoms with van der Waals surface area (Å²) in [4.78, 5) is 17.3. The molecule has 4 heteroatoms. The van der Waals surface area contributed by atoms with Crippen LogP contribution in [0.1, 0.15) is 36.1 Å². The van der Waals surface area contributed by atoms with Gasteiger partial charge in [-0.3, -0.25) is 14.6 Å². The summed E-state index contributed by atoms with van der Waals surface area (Å²) in [7, 11) is 0. The summed E-state index contributed by atoms with van der Waals surface area (Å²) in [5, 5.41) is 3.21. The number of benzene rings is 2. The summed E-state index contributed by atoms with van der Waals surface area (Å²) in [6, 6.07) is 19.1. The molecule has 0 spiro atoms. The Bertz CT molecular complexity index is 706. The normalized spacial score (nSPS) is 16.8. The van der Waals surface area contributed by atoms with Gasteiger partial charge in [-0.25, -0.2) is 0 Å². The van der Waals surface area contributed by atoms with Crippen LogP contribution in [0.25, 0.3) is 0 Å². The van der Waals surface area contributed by atoms with Gasteiger partial charge in [0, 0.05) is 32.7 Å². The number of carbonyl (C=O) groups excluding carboxylic acids is 1. The van der Waals surface area contributed by atoms with Gasteiger partial charge in [0.25, 0.3) is 0 Å². The second-order valence-electron chi connectivity index (χ2n) is 7.48. The first-order valence-electron chi connectivity index (χ1n) is 9.98. The number of carbonyl (C=O) groups is 1. The van der Waals surface area contributed by atoms with Crippen LogP contribution in [-0.4, -0.2) is 48.4 Å². The van der Waals surface area contributed by atoms with Gasteiger partial charge in [0.1, 0.15) is 0 Å². The van der Waals surface area contributed by atoms with Crippen LogP contribution in [0.15, 0.2) is 54.6 Å². The SMILES string of the molecule is CC[C@H](NC(=O)CN1CCN(Cc2ccccc2)CC1)c1ccc(C)cc1. The Balaban J connectivity index is 1.44. The molecule has 144 valence electrons. The molecule has 3 rings (SSSR count). The van der Waals surface area contributed by atoms with Crippen LogP contribution >= 0.6 is 0 Å². The van der Waals surface area contributed by atoms with Crippen molar-refractivity contribution in [2.45, 2.75) is 32.9 Å². The molecule has 4 nitrogen and oxygen atoms in total. The Kier molecular flexibility index (Phi) is 7.02. The highest BCUT2D eigenvalue weighted by Crippen LogP contribution is 2.17. The van der Waals surface area contributed by atoms with Gasteiger partial charge in [-0.15, -0.1) is 0 Å². The second kappa shape index (κ2) is 9.67. The molecule has 0 aliphatic carbocycles. The maximum Gasteiger partial charge on any atom is 0.234 e. The number of nitrogens with zero attached hydrogens (tertiary/aromatic N) is 2. The topological polar surface area (TPSA) is 35.6 Å². The summed E-state index contributed by atoms with van der Waals surface area (Å²) in [6.45, 7) is 9.60. The molecule has 0 saturated carbocycles. The van der Waals surface area contributed by atoms with Gasteiger partial charge in [0.15, 0.2) is 0 Å². The number of piperazine rings is 1. The number of hydrogen-bond donors (Lipinski definition) is 1. The molecule has 1 aliphatic rings. The summed E-state index contributed by atoms with van der Waals surface area (Å²) >= 11 is 0. The van der Waals surface area contributed by atoms with Crippen LogP contribution < -0.4 is 5.32 Å². The first-order valence-corrected chi connectivity index (χ1v) is 9.98. The predicted octanol–water partition coefficient (Wildman–Crippen LogP) is 3.38. The zero-order valence-electron chi connectivity index (χ0n) is 16.5. The van der Waals surface area contributed by atoms with Gasteiger partial charge in [0.05, 0.1) is 12.6 Å². The van der Waals surface area contributed by atoms with E-state index in [2.05, 4.69) is 83.6 Å². The molecule has 1 aliphatic heterocycles. The average Bonchev–Trinajstić information content (AvgIpc) is 2.69. The summed E-state index contributed by atoms with van der Waals surface area (Å²) < 4.78 is 0. The smallest absolute Gasteiger partial charge is 0.234 e. The van der Waals surface area contributed by atoms with Crippen LogP contribution in [-0.2, 0) is 11.3 Å². The van der Waals surface area contributed by atoms with Gasteiger partial charge < -0.3 is 5.32 Å². The van der Waals surface area contributed by atoms with Gasteiger partial charge in [0.2, 0.25) is 5.91 Å². The zero-order chi connectivity index (χ0) is 19.1. The Morgan fingerprint density at radius 2 is 1.59 bits per heavy atom. The standard InChI is InChI=1S/C23H31N3O/c1-3-22(21-11-9-19(2)10-12-21)24-23(27)18-26-15-13-25(14-16-26)17-20-7-5-4-6-8-20/h4-12,22H,3,13-18H2,1-2H3,(H,24,27)/t22-/m0/s1. The largest absolute Gasteiger partial charge is 0.348 e. The van der Waals surface area contributed by atoms with Crippen LogP contribution in [0.5, 0.6) is 0 Å². The van der Waals surface area contributed by atoms with E-state index in [1.807, 2.05) is 0 Å². The Morgan fingerprint density at radius 1 is 0.963 bits per heavy atom. The zero-order valence-corrected chi connectivity index (χ0v) is 16.5. The lowest BCUT2D eigenvalue weighted by Crippen LogP contribution is -2.49. The van der Waals surface area contributed by atoms with Crippen molar-refractivity contribution in [3.05, 3.63) is 71.3 Å². The van der Waals surface area contributed by atoms with E-state index in [1.165, 1.54) is 16.7 Å². The minimum atomic E-state index is 0.0949. The quantitative estimate of drug-likeness (QED) is 0.817. The maximum absolute atomic E-state index is 12.5. The van der Waals surface area contributed by atoms with Crippen molar-refractivity contribution in [3.8, 4) is 0 Å². The van der Waals surface area contributed by atoms with Crippen molar-refractivity contribution in [1.82, 2.24) is 15.1 Å². The van der Waals surface area contributed by atoms with Gasteiger partial charge >= 0.3 is 0 Å². The molecule has 1 amide bonds. The molecule has 0 unspecified atom stereocenters. The Hall–Kier alpha value is -2.17. The van der Waals surface area contributed by atoms with Gasteiger partial charge in [-0.2, -0.15) is 0 Å².